The molecule has 0 aliphatic carbocycles. The molecule has 0 aromatic carbocycles. The first-order chi connectivity index (χ1) is 8.72. The Labute approximate surface area is 110 Å². The molecule has 0 spiro atoms. The lowest BCUT2D eigenvalue weighted by atomic mass is 10.2. The van der Waals surface area contributed by atoms with Crippen molar-refractivity contribution >= 4 is 5.91 Å². The molecule has 1 atom stereocenters. The number of methoxy groups -OCH3 is 1. The van der Waals surface area contributed by atoms with Gasteiger partial charge in [-0.3, -0.25) is 4.79 Å². The van der Waals surface area contributed by atoms with Crippen LogP contribution >= 0.6 is 0 Å². The Balaban J connectivity index is 3.32. The number of unbranched alkanes of at least 4 members (excludes halogenated alkanes) is 1. The number of ether oxygens (including phenoxy) is 2. The summed E-state index contributed by atoms with van der Waals surface area (Å²) in [5.41, 5.74) is 0. The Bertz CT molecular complexity index is 251. The van der Waals surface area contributed by atoms with Crippen molar-refractivity contribution in [3.8, 4) is 12.3 Å². The van der Waals surface area contributed by atoms with Crippen LogP contribution in [0.15, 0.2) is 0 Å². The van der Waals surface area contributed by atoms with Crippen LogP contribution in [0.3, 0.4) is 0 Å². The molecule has 0 fully saturated rings. The van der Waals surface area contributed by atoms with Gasteiger partial charge in [-0.15, -0.1) is 6.42 Å². The van der Waals surface area contributed by atoms with Crippen molar-refractivity contribution in [3.05, 3.63) is 0 Å². The molecule has 0 aromatic heterocycles. The summed E-state index contributed by atoms with van der Waals surface area (Å²) >= 11 is 0. The first-order valence-corrected chi connectivity index (χ1v) is 6.23. The fourth-order valence-corrected chi connectivity index (χ4v) is 1.28. The molecule has 18 heavy (non-hydrogen) atoms. The summed E-state index contributed by atoms with van der Waals surface area (Å²) in [4.78, 5) is 11.4. The highest BCUT2D eigenvalue weighted by Gasteiger charge is 2.09. The molecule has 0 radical (unpaired) electrons. The second-order valence-corrected chi connectivity index (χ2v) is 3.91. The average Bonchev–Trinajstić information content (AvgIpc) is 2.38. The van der Waals surface area contributed by atoms with Gasteiger partial charge in [0, 0.05) is 13.7 Å². The molecule has 5 nitrogen and oxygen atoms in total. The Hall–Kier alpha value is -1.09. The van der Waals surface area contributed by atoms with Gasteiger partial charge < -0.3 is 20.1 Å². The molecule has 1 unspecified atom stereocenters. The van der Waals surface area contributed by atoms with Crippen LogP contribution < -0.4 is 10.6 Å². The molecule has 5 heteroatoms. The molecule has 0 aliphatic rings. The highest BCUT2D eigenvalue weighted by molar-refractivity contribution is 5.81. The number of carbonyl (C=O) groups excluding carboxylic acids is 1. The Morgan fingerprint density at radius 2 is 2.11 bits per heavy atom. The van der Waals surface area contributed by atoms with E-state index in [1.165, 1.54) is 0 Å². The molecular weight excluding hydrogens is 232 g/mol. The molecule has 0 heterocycles. The minimum atomic E-state index is -0.215. The zero-order valence-electron chi connectivity index (χ0n) is 11.3. The Morgan fingerprint density at radius 3 is 2.78 bits per heavy atom. The van der Waals surface area contributed by atoms with Crippen LogP contribution in [0, 0.1) is 12.3 Å². The fourth-order valence-electron chi connectivity index (χ4n) is 1.28. The zero-order chi connectivity index (χ0) is 13.6. The summed E-state index contributed by atoms with van der Waals surface area (Å²) in [5.74, 6) is 2.30. The summed E-state index contributed by atoms with van der Waals surface area (Å²) < 4.78 is 10.2. The van der Waals surface area contributed by atoms with Crippen molar-refractivity contribution in [2.45, 2.75) is 25.8 Å². The molecule has 1 amide bonds. The highest BCUT2D eigenvalue weighted by atomic mass is 16.5. The van der Waals surface area contributed by atoms with Gasteiger partial charge in [0.1, 0.15) is 0 Å². The van der Waals surface area contributed by atoms with Crippen molar-refractivity contribution in [1.29, 1.82) is 0 Å². The number of carbonyl (C=O) groups is 1. The number of terminal acetylenes is 1. The molecule has 2 N–H and O–H groups in total. The lowest BCUT2D eigenvalue weighted by Crippen LogP contribution is -2.42. The van der Waals surface area contributed by atoms with Crippen molar-refractivity contribution in [2.75, 3.05) is 40.0 Å². The zero-order valence-corrected chi connectivity index (χ0v) is 11.3. The molecule has 0 aromatic rings. The van der Waals surface area contributed by atoms with E-state index in [2.05, 4.69) is 16.6 Å². The Morgan fingerprint density at radius 1 is 1.33 bits per heavy atom. The lowest BCUT2D eigenvalue weighted by molar-refractivity contribution is -0.122. The van der Waals surface area contributed by atoms with Gasteiger partial charge in [-0.1, -0.05) is 5.92 Å². The third-order valence-corrected chi connectivity index (χ3v) is 2.36. The third kappa shape index (κ3) is 10.1. The number of nitrogens with one attached hydrogen (secondary N) is 2. The van der Waals surface area contributed by atoms with E-state index in [9.17, 15) is 4.79 Å². The van der Waals surface area contributed by atoms with Gasteiger partial charge in [0.2, 0.25) is 5.91 Å². The summed E-state index contributed by atoms with van der Waals surface area (Å²) in [5, 5.41) is 5.76. The molecule has 0 rings (SSSR count). The van der Waals surface area contributed by atoms with E-state index >= 15 is 0 Å². The van der Waals surface area contributed by atoms with Gasteiger partial charge in [-0.2, -0.15) is 0 Å². The standard InChI is InChI=1S/C13H24N2O3/c1-4-7-15-13(16)12(2)14-8-5-6-9-18-11-10-17-3/h1,12,14H,5-11H2,2-3H3,(H,15,16). The van der Waals surface area contributed by atoms with Crippen LogP contribution in [-0.4, -0.2) is 52.0 Å². The monoisotopic (exact) mass is 256 g/mol. The normalized spacial score (nSPS) is 11.8. The SMILES string of the molecule is C#CCNC(=O)C(C)NCCCCOCCOC. The second-order valence-electron chi connectivity index (χ2n) is 3.91. The van der Waals surface area contributed by atoms with Crippen molar-refractivity contribution in [2.24, 2.45) is 0 Å². The Kier molecular flexibility index (Phi) is 11.6. The summed E-state index contributed by atoms with van der Waals surface area (Å²) in [6, 6.07) is -0.215. The minimum Gasteiger partial charge on any atom is -0.382 e. The predicted octanol–water partition coefficient (Wildman–Crippen LogP) is 0.157. The van der Waals surface area contributed by atoms with E-state index in [0.29, 0.717) is 13.2 Å². The smallest absolute Gasteiger partial charge is 0.237 e. The summed E-state index contributed by atoms with van der Waals surface area (Å²) in [6.07, 6.45) is 7.00. The topological polar surface area (TPSA) is 59.6 Å². The van der Waals surface area contributed by atoms with Crippen molar-refractivity contribution < 1.29 is 14.3 Å². The first kappa shape index (κ1) is 16.9. The van der Waals surface area contributed by atoms with Crippen LogP contribution in [-0.2, 0) is 14.3 Å². The lowest BCUT2D eigenvalue weighted by Gasteiger charge is -2.12. The molecule has 0 saturated heterocycles. The number of hydrogen-bond acceptors (Lipinski definition) is 4. The summed E-state index contributed by atoms with van der Waals surface area (Å²) in [7, 11) is 1.65. The van der Waals surface area contributed by atoms with Crippen LogP contribution in [0.25, 0.3) is 0 Å². The van der Waals surface area contributed by atoms with Crippen LogP contribution in [0.4, 0.5) is 0 Å². The maximum atomic E-state index is 11.4. The van der Waals surface area contributed by atoms with E-state index in [4.69, 9.17) is 15.9 Å². The average molecular weight is 256 g/mol. The minimum absolute atomic E-state index is 0.0655. The first-order valence-electron chi connectivity index (χ1n) is 6.23. The van der Waals surface area contributed by atoms with E-state index < -0.39 is 0 Å². The largest absolute Gasteiger partial charge is 0.382 e. The predicted molar refractivity (Wildman–Crippen MR) is 71.2 cm³/mol. The van der Waals surface area contributed by atoms with E-state index in [1.54, 1.807) is 7.11 Å². The third-order valence-electron chi connectivity index (χ3n) is 2.36. The van der Waals surface area contributed by atoms with Crippen LogP contribution in [0.5, 0.6) is 0 Å². The van der Waals surface area contributed by atoms with E-state index in [-0.39, 0.29) is 18.5 Å². The van der Waals surface area contributed by atoms with Gasteiger partial charge in [-0.05, 0) is 26.3 Å². The number of rotatable bonds is 11. The van der Waals surface area contributed by atoms with Gasteiger partial charge in [-0.25, -0.2) is 0 Å². The molecule has 0 aliphatic heterocycles. The van der Waals surface area contributed by atoms with Gasteiger partial charge >= 0.3 is 0 Å². The maximum absolute atomic E-state index is 11.4. The second kappa shape index (κ2) is 12.4. The molecule has 0 bridgehead atoms. The quantitative estimate of drug-likeness (QED) is 0.408. The van der Waals surface area contributed by atoms with Crippen molar-refractivity contribution in [3.63, 3.8) is 0 Å². The van der Waals surface area contributed by atoms with Crippen LogP contribution in [0.1, 0.15) is 19.8 Å². The summed E-state index contributed by atoms with van der Waals surface area (Å²) in [6.45, 7) is 4.87. The molecular formula is C13H24N2O3. The maximum Gasteiger partial charge on any atom is 0.237 e. The highest BCUT2D eigenvalue weighted by Crippen LogP contribution is 1.90. The van der Waals surface area contributed by atoms with Crippen molar-refractivity contribution in [1.82, 2.24) is 10.6 Å². The molecule has 0 saturated carbocycles. The fraction of sp³-hybridized carbons (Fsp3) is 0.769. The number of amides is 1. The molecule has 104 valence electrons. The van der Waals surface area contributed by atoms with E-state index in [1.807, 2.05) is 6.92 Å². The van der Waals surface area contributed by atoms with Gasteiger partial charge in [0.15, 0.2) is 0 Å². The van der Waals surface area contributed by atoms with Crippen LogP contribution in [0.2, 0.25) is 0 Å². The van der Waals surface area contributed by atoms with Gasteiger partial charge in [0.05, 0.1) is 25.8 Å². The van der Waals surface area contributed by atoms with E-state index in [0.717, 1.165) is 26.0 Å². The number of hydrogen-bond donors (Lipinski definition) is 2. The van der Waals surface area contributed by atoms with Gasteiger partial charge in [0.25, 0.3) is 0 Å².